The first-order valence-electron chi connectivity index (χ1n) is 7.04. The molecule has 6 heteroatoms. The van der Waals surface area contributed by atoms with Gasteiger partial charge < -0.3 is 10.5 Å². The van der Waals surface area contributed by atoms with Crippen LogP contribution < -0.4 is 10.5 Å². The van der Waals surface area contributed by atoms with Gasteiger partial charge in [-0.2, -0.15) is 5.26 Å². The van der Waals surface area contributed by atoms with Crippen LogP contribution >= 0.6 is 0 Å². The molecule has 2 N–H and O–H groups in total. The smallest absolute Gasteiger partial charge is 0.311 e. The monoisotopic (exact) mass is 289 g/mol. The van der Waals surface area contributed by atoms with Gasteiger partial charge in [0.2, 0.25) is 0 Å². The zero-order valence-electron chi connectivity index (χ0n) is 12.0. The molecule has 1 aliphatic carbocycles. The Morgan fingerprint density at radius 3 is 3.05 bits per heavy atom. The van der Waals surface area contributed by atoms with Crippen LogP contribution in [0.5, 0.6) is 5.75 Å². The fourth-order valence-corrected chi connectivity index (χ4v) is 2.86. The maximum absolute atomic E-state index is 11.0. The molecule has 0 heterocycles. The van der Waals surface area contributed by atoms with Gasteiger partial charge in [0.05, 0.1) is 17.6 Å². The van der Waals surface area contributed by atoms with Gasteiger partial charge in [0.25, 0.3) is 0 Å². The summed E-state index contributed by atoms with van der Waals surface area (Å²) in [5.74, 6) is 0.357. The Balaban J connectivity index is 1.98. The molecule has 2 unspecified atom stereocenters. The number of nitro groups is 1. The minimum atomic E-state index is -0.775. The van der Waals surface area contributed by atoms with Crippen LogP contribution in [0.2, 0.25) is 0 Å². The van der Waals surface area contributed by atoms with Crippen LogP contribution in [0, 0.1) is 34.3 Å². The van der Waals surface area contributed by atoms with Crippen LogP contribution in [0.1, 0.15) is 31.2 Å². The second-order valence-corrected chi connectivity index (χ2v) is 5.61. The highest BCUT2D eigenvalue weighted by molar-refractivity contribution is 5.48. The van der Waals surface area contributed by atoms with Crippen molar-refractivity contribution in [2.75, 3.05) is 6.61 Å². The fourth-order valence-electron chi connectivity index (χ4n) is 2.86. The lowest BCUT2D eigenvalue weighted by Crippen LogP contribution is -2.42. The Bertz CT molecular complexity index is 582. The molecule has 1 aromatic carbocycles. The van der Waals surface area contributed by atoms with E-state index >= 15 is 0 Å². The second kappa shape index (κ2) is 6.10. The van der Waals surface area contributed by atoms with E-state index in [4.69, 9.17) is 15.7 Å². The van der Waals surface area contributed by atoms with Gasteiger partial charge in [-0.25, -0.2) is 0 Å². The minimum Gasteiger partial charge on any atom is -0.487 e. The van der Waals surface area contributed by atoms with Gasteiger partial charge in [-0.3, -0.25) is 10.1 Å². The predicted octanol–water partition coefficient (Wildman–Crippen LogP) is 2.69. The molecular weight excluding hydrogens is 270 g/mol. The number of rotatable bonds is 5. The standard InChI is InChI=1S/C15H19N3O3/c1-11-4-5-14(13(9-11)18(19)20)21-8-6-12-3-2-7-15(12,17)10-16/h4-5,9,12H,2-3,6-8,17H2,1H3. The van der Waals surface area contributed by atoms with Gasteiger partial charge in [-0.05, 0) is 43.7 Å². The van der Waals surface area contributed by atoms with Crippen molar-refractivity contribution >= 4 is 5.69 Å². The lowest BCUT2D eigenvalue weighted by Gasteiger charge is -2.23. The minimum absolute atomic E-state index is 0.0271. The van der Waals surface area contributed by atoms with Crippen LogP contribution in [-0.2, 0) is 0 Å². The highest BCUT2D eigenvalue weighted by Gasteiger charge is 2.39. The van der Waals surface area contributed by atoms with Crippen molar-refractivity contribution in [3.05, 3.63) is 33.9 Å². The third-order valence-electron chi connectivity index (χ3n) is 4.11. The molecule has 0 radical (unpaired) electrons. The number of ether oxygens (including phenoxy) is 1. The summed E-state index contributed by atoms with van der Waals surface area (Å²) in [6.07, 6.45) is 3.19. The lowest BCUT2D eigenvalue weighted by atomic mass is 9.87. The number of nitro benzene ring substituents is 1. The summed E-state index contributed by atoms with van der Waals surface area (Å²) in [5, 5.41) is 20.2. The van der Waals surface area contributed by atoms with Crippen molar-refractivity contribution in [1.29, 1.82) is 5.26 Å². The molecule has 0 spiro atoms. The average Bonchev–Trinajstić information content (AvgIpc) is 2.82. The van der Waals surface area contributed by atoms with Crippen molar-refractivity contribution < 1.29 is 9.66 Å². The number of nitriles is 1. The van der Waals surface area contributed by atoms with Crippen LogP contribution in [0.3, 0.4) is 0 Å². The van der Waals surface area contributed by atoms with Crippen molar-refractivity contribution in [3.8, 4) is 11.8 Å². The number of hydrogen-bond acceptors (Lipinski definition) is 5. The molecule has 1 fully saturated rings. The maximum Gasteiger partial charge on any atom is 0.311 e. The van der Waals surface area contributed by atoms with Crippen LogP contribution in [-0.4, -0.2) is 17.1 Å². The molecule has 1 aliphatic rings. The first kappa shape index (κ1) is 15.3. The summed E-state index contributed by atoms with van der Waals surface area (Å²) < 4.78 is 5.55. The van der Waals surface area contributed by atoms with Crippen LogP contribution in [0.4, 0.5) is 5.69 Å². The van der Waals surface area contributed by atoms with Gasteiger partial charge in [-0.15, -0.1) is 0 Å². The molecule has 1 aromatic rings. The van der Waals surface area contributed by atoms with E-state index in [1.165, 1.54) is 6.07 Å². The van der Waals surface area contributed by atoms with E-state index in [1.54, 1.807) is 19.1 Å². The Morgan fingerprint density at radius 1 is 1.62 bits per heavy atom. The number of nitrogens with two attached hydrogens (primary N) is 1. The molecule has 2 atom stereocenters. The Kier molecular flexibility index (Phi) is 4.43. The quantitative estimate of drug-likeness (QED) is 0.663. The van der Waals surface area contributed by atoms with Crippen molar-refractivity contribution in [3.63, 3.8) is 0 Å². The van der Waals surface area contributed by atoms with Gasteiger partial charge in [0, 0.05) is 6.07 Å². The van der Waals surface area contributed by atoms with Gasteiger partial charge >= 0.3 is 5.69 Å². The summed E-state index contributed by atoms with van der Waals surface area (Å²) in [5.41, 5.74) is 6.07. The summed E-state index contributed by atoms with van der Waals surface area (Å²) in [7, 11) is 0. The van der Waals surface area contributed by atoms with Gasteiger partial charge in [0.15, 0.2) is 5.75 Å². The zero-order chi connectivity index (χ0) is 15.5. The topological polar surface area (TPSA) is 102 Å². The van der Waals surface area contributed by atoms with E-state index in [-0.39, 0.29) is 17.4 Å². The zero-order valence-corrected chi connectivity index (χ0v) is 12.0. The summed E-state index contributed by atoms with van der Waals surface area (Å²) in [4.78, 5) is 10.6. The van der Waals surface area contributed by atoms with E-state index in [1.807, 2.05) is 0 Å². The summed E-state index contributed by atoms with van der Waals surface area (Å²) in [6.45, 7) is 2.13. The normalized spacial score (nSPS) is 24.5. The maximum atomic E-state index is 11.0. The first-order chi connectivity index (χ1) is 9.96. The third kappa shape index (κ3) is 3.31. The van der Waals surface area contributed by atoms with Gasteiger partial charge in [0.1, 0.15) is 5.54 Å². The molecule has 0 aliphatic heterocycles. The molecule has 0 amide bonds. The molecule has 0 saturated heterocycles. The number of aryl methyl sites for hydroxylation is 1. The second-order valence-electron chi connectivity index (χ2n) is 5.61. The Labute approximate surface area is 123 Å². The highest BCUT2D eigenvalue weighted by Crippen LogP contribution is 2.36. The Hall–Kier alpha value is -2.13. The summed E-state index contributed by atoms with van der Waals surface area (Å²) >= 11 is 0. The van der Waals surface area contributed by atoms with Crippen molar-refractivity contribution in [2.45, 2.75) is 38.1 Å². The lowest BCUT2D eigenvalue weighted by molar-refractivity contribution is -0.385. The molecule has 2 rings (SSSR count). The van der Waals surface area contributed by atoms with E-state index < -0.39 is 10.5 Å². The number of hydrogen-bond donors (Lipinski definition) is 1. The van der Waals surface area contributed by atoms with E-state index in [0.717, 1.165) is 18.4 Å². The molecular formula is C15H19N3O3. The molecule has 112 valence electrons. The van der Waals surface area contributed by atoms with Crippen LogP contribution in [0.25, 0.3) is 0 Å². The fraction of sp³-hybridized carbons (Fsp3) is 0.533. The predicted molar refractivity (Wildman–Crippen MR) is 77.8 cm³/mol. The van der Waals surface area contributed by atoms with Crippen molar-refractivity contribution in [1.82, 2.24) is 0 Å². The van der Waals surface area contributed by atoms with Crippen molar-refractivity contribution in [2.24, 2.45) is 11.7 Å². The van der Waals surface area contributed by atoms with Gasteiger partial charge in [-0.1, -0.05) is 12.5 Å². The molecule has 1 saturated carbocycles. The van der Waals surface area contributed by atoms with E-state index in [9.17, 15) is 10.1 Å². The number of benzene rings is 1. The molecule has 21 heavy (non-hydrogen) atoms. The summed E-state index contributed by atoms with van der Waals surface area (Å²) in [6, 6.07) is 7.07. The van der Waals surface area contributed by atoms with Crippen LogP contribution in [0.15, 0.2) is 18.2 Å². The van der Waals surface area contributed by atoms with E-state index in [0.29, 0.717) is 19.4 Å². The van der Waals surface area contributed by atoms with E-state index in [2.05, 4.69) is 6.07 Å². The molecule has 0 aromatic heterocycles. The number of nitrogens with zero attached hydrogens (tertiary/aromatic N) is 2. The first-order valence-corrected chi connectivity index (χ1v) is 7.04. The highest BCUT2D eigenvalue weighted by atomic mass is 16.6. The largest absolute Gasteiger partial charge is 0.487 e. The SMILES string of the molecule is Cc1ccc(OCCC2CCCC2(N)C#N)c([N+](=O)[O-])c1. The molecule has 6 nitrogen and oxygen atoms in total. The molecule has 0 bridgehead atoms. The average molecular weight is 289 g/mol. The Morgan fingerprint density at radius 2 is 2.38 bits per heavy atom. The third-order valence-corrected chi connectivity index (χ3v) is 4.11.